The number of benzene rings is 2. The second-order valence-electron chi connectivity index (χ2n) is 7.23. The molecule has 0 bridgehead atoms. The Labute approximate surface area is 189 Å². The molecule has 9 heteroatoms. The Morgan fingerprint density at radius 1 is 1.03 bits per heavy atom. The van der Waals surface area contributed by atoms with Crippen LogP contribution in [0.4, 0.5) is 11.4 Å². The highest BCUT2D eigenvalue weighted by molar-refractivity contribution is 7.92. The molecule has 0 aliphatic carbocycles. The number of carbonyl (C=O) groups is 2. The topological polar surface area (TPSA) is 102 Å². The fourth-order valence-corrected chi connectivity index (χ4v) is 3.96. The summed E-state index contributed by atoms with van der Waals surface area (Å²) in [6, 6.07) is 13.3. The number of nitrogens with zero attached hydrogens (tertiary/aromatic N) is 1. The third-order valence-corrected chi connectivity index (χ3v) is 5.83. The summed E-state index contributed by atoms with van der Waals surface area (Å²) >= 11 is 0. The Balaban J connectivity index is 1.91. The van der Waals surface area contributed by atoms with Gasteiger partial charge in [0.1, 0.15) is 5.75 Å². The van der Waals surface area contributed by atoms with Gasteiger partial charge >= 0.3 is 5.97 Å². The second-order valence-corrected chi connectivity index (χ2v) is 9.13. The molecule has 2 rings (SSSR count). The van der Waals surface area contributed by atoms with E-state index in [1.54, 1.807) is 48.5 Å². The molecule has 0 atom stereocenters. The van der Waals surface area contributed by atoms with Crippen molar-refractivity contribution in [2.75, 3.05) is 36.1 Å². The number of hydrogen-bond donors (Lipinski definition) is 1. The van der Waals surface area contributed by atoms with E-state index in [4.69, 9.17) is 9.47 Å². The van der Waals surface area contributed by atoms with E-state index >= 15 is 0 Å². The maximum absolute atomic E-state index is 12.3. The monoisotopic (exact) mass is 462 g/mol. The number of amides is 1. The Hall–Kier alpha value is -3.07. The van der Waals surface area contributed by atoms with Crippen molar-refractivity contribution in [2.24, 2.45) is 0 Å². The van der Waals surface area contributed by atoms with Gasteiger partial charge in [0.05, 0.1) is 31.2 Å². The van der Waals surface area contributed by atoms with Crippen molar-refractivity contribution in [1.29, 1.82) is 0 Å². The summed E-state index contributed by atoms with van der Waals surface area (Å²) in [5.41, 5.74) is 1.39. The number of anilines is 2. The number of nitrogens with one attached hydrogen (secondary N) is 1. The summed E-state index contributed by atoms with van der Waals surface area (Å²) in [5.74, 6) is -0.207. The first-order valence-electron chi connectivity index (χ1n) is 10.4. The predicted molar refractivity (Wildman–Crippen MR) is 125 cm³/mol. The molecular weight excluding hydrogens is 432 g/mol. The molecule has 2 aromatic carbocycles. The molecule has 1 N–H and O–H groups in total. The lowest BCUT2D eigenvalue weighted by Crippen LogP contribution is -2.31. The molecule has 0 radical (unpaired) electrons. The van der Waals surface area contributed by atoms with Gasteiger partial charge in [-0.05, 0) is 49.2 Å². The van der Waals surface area contributed by atoms with E-state index in [1.165, 1.54) is 11.4 Å². The molecule has 2 aromatic rings. The number of rotatable bonds is 12. The minimum Gasteiger partial charge on any atom is -0.495 e. The first-order chi connectivity index (χ1) is 15.3. The van der Waals surface area contributed by atoms with Gasteiger partial charge in [0.25, 0.3) is 0 Å². The number of esters is 1. The van der Waals surface area contributed by atoms with Crippen LogP contribution in [0.25, 0.3) is 0 Å². The number of hydrogen-bond acceptors (Lipinski definition) is 6. The molecular formula is C23H30N2O6S. The van der Waals surface area contributed by atoms with Gasteiger partial charge in [0, 0.05) is 18.7 Å². The summed E-state index contributed by atoms with van der Waals surface area (Å²) < 4.78 is 36.2. The highest BCUT2D eigenvalue weighted by Crippen LogP contribution is 2.29. The zero-order valence-electron chi connectivity index (χ0n) is 18.7. The van der Waals surface area contributed by atoms with E-state index in [0.29, 0.717) is 35.7 Å². The van der Waals surface area contributed by atoms with Crippen molar-refractivity contribution in [2.45, 2.75) is 32.6 Å². The molecule has 0 saturated carbocycles. The van der Waals surface area contributed by atoms with Crippen LogP contribution in [0, 0.1) is 0 Å². The molecule has 0 spiro atoms. The summed E-state index contributed by atoms with van der Waals surface area (Å²) in [7, 11) is -2.08. The van der Waals surface area contributed by atoms with Gasteiger partial charge in [-0.1, -0.05) is 25.5 Å². The summed E-state index contributed by atoms with van der Waals surface area (Å²) in [6.45, 7) is 2.53. The zero-order chi connectivity index (χ0) is 23.6. The smallest absolute Gasteiger partial charge is 0.338 e. The van der Waals surface area contributed by atoms with Crippen molar-refractivity contribution in [1.82, 2.24) is 0 Å². The van der Waals surface area contributed by atoms with Gasteiger partial charge < -0.3 is 14.8 Å². The number of ether oxygens (including phenoxy) is 2. The van der Waals surface area contributed by atoms with E-state index in [9.17, 15) is 18.0 Å². The molecule has 32 heavy (non-hydrogen) atoms. The fourth-order valence-electron chi connectivity index (χ4n) is 2.99. The molecule has 0 aromatic heterocycles. The number of unbranched alkanes of at least 4 members (excludes halogenated alkanes) is 1. The molecule has 1 amide bonds. The highest BCUT2D eigenvalue weighted by atomic mass is 32.2. The van der Waals surface area contributed by atoms with Crippen LogP contribution in [0.3, 0.4) is 0 Å². The number of methoxy groups -OCH3 is 1. The zero-order valence-corrected chi connectivity index (χ0v) is 19.5. The molecule has 0 fully saturated rings. The molecule has 0 aliphatic rings. The van der Waals surface area contributed by atoms with Crippen molar-refractivity contribution in [3.05, 3.63) is 54.1 Å². The Morgan fingerprint density at radius 2 is 1.72 bits per heavy atom. The van der Waals surface area contributed by atoms with Gasteiger partial charge in [-0.2, -0.15) is 0 Å². The first kappa shape index (κ1) is 25.2. The Bertz CT molecular complexity index is 1010. The fraction of sp³-hybridized carbons (Fsp3) is 0.391. The van der Waals surface area contributed by atoms with Crippen LogP contribution in [0.2, 0.25) is 0 Å². The van der Waals surface area contributed by atoms with Crippen LogP contribution in [0.15, 0.2) is 48.5 Å². The van der Waals surface area contributed by atoms with Crippen molar-refractivity contribution in [3.63, 3.8) is 0 Å². The number of carbonyl (C=O) groups excluding carboxylic acids is 2. The maximum Gasteiger partial charge on any atom is 0.338 e. The lowest BCUT2D eigenvalue weighted by atomic mass is 10.2. The molecule has 0 saturated heterocycles. The van der Waals surface area contributed by atoms with E-state index in [0.717, 1.165) is 19.1 Å². The minimum atomic E-state index is -3.55. The lowest BCUT2D eigenvalue weighted by molar-refractivity contribution is -0.116. The van der Waals surface area contributed by atoms with Gasteiger partial charge in [0.15, 0.2) is 0 Å². The van der Waals surface area contributed by atoms with Crippen LogP contribution in [0.1, 0.15) is 43.0 Å². The SMILES string of the molecule is CCCCOC(=O)c1ccc(NC(=O)CCCN(c2ccccc2OC)S(C)(=O)=O)cc1. The molecule has 0 heterocycles. The van der Waals surface area contributed by atoms with Crippen LogP contribution < -0.4 is 14.4 Å². The third kappa shape index (κ3) is 7.56. The lowest BCUT2D eigenvalue weighted by Gasteiger charge is -2.24. The van der Waals surface area contributed by atoms with E-state index in [-0.39, 0.29) is 18.9 Å². The van der Waals surface area contributed by atoms with Gasteiger partial charge in [0.2, 0.25) is 15.9 Å². The standard InChI is InChI=1S/C23H30N2O6S/c1-4-5-17-31-23(27)18-12-14-19(15-13-18)24-22(26)11-8-16-25(32(3,28)29)20-9-6-7-10-21(20)30-2/h6-7,9-10,12-15H,4-5,8,11,16-17H2,1-3H3,(H,24,26). The normalized spacial score (nSPS) is 11.0. The quantitative estimate of drug-likeness (QED) is 0.380. The van der Waals surface area contributed by atoms with E-state index < -0.39 is 16.0 Å². The van der Waals surface area contributed by atoms with E-state index in [1.807, 2.05) is 6.92 Å². The summed E-state index contributed by atoms with van der Waals surface area (Å²) in [5, 5.41) is 2.75. The van der Waals surface area contributed by atoms with Crippen molar-refractivity contribution < 1.29 is 27.5 Å². The second kappa shape index (κ2) is 12.1. The van der Waals surface area contributed by atoms with Crippen LogP contribution in [-0.4, -0.2) is 46.8 Å². The number of para-hydroxylation sites is 2. The molecule has 0 unspecified atom stereocenters. The van der Waals surface area contributed by atoms with Crippen LogP contribution in [-0.2, 0) is 19.6 Å². The molecule has 8 nitrogen and oxygen atoms in total. The maximum atomic E-state index is 12.3. The van der Waals surface area contributed by atoms with Crippen LogP contribution >= 0.6 is 0 Å². The van der Waals surface area contributed by atoms with Crippen LogP contribution in [0.5, 0.6) is 5.75 Å². The molecule has 174 valence electrons. The predicted octanol–water partition coefficient (Wildman–Crippen LogP) is 3.84. The van der Waals surface area contributed by atoms with E-state index in [2.05, 4.69) is 5.32 Å². The largest absolute Gasteiger partial charge is 0.495 e. The highest BCUT2D eigenvalue weighted by Gasteiger charge is 2.21. The number of sulfonamides is 1. The van der Waals surface area contributed by atoms with Gasteiger partial charge in [-0.3, -0.25) is 9.10 Å². The summed E-state index contributed by atoms with van der Waals surface area (Å²) in [6.07, 6.45) is 3.32. The van der Waals surface area contributed by atoms with Gasteiger partial charge in [-0.15, -0.1) is 0 Å². The average Bonchev–Trinajstić information content (AvgIpc) is 2.76. The average molecular weight is 463 g/mol. The Morgan fingerprint density at radius 3 is 2.34 bits per heavy atom. The summed E-state index contributed by atoms with van der Waals surface area (Å²) in [4.78, 5) is 24.2. The Kier molecular flexibility index (Phi) is 9.52. The third-order valence-electron chi connectivity index (χ3n) is 4.65. The van der Waals surface area contributed by atoms with Crippen molar-refractivity contribution in [3.8, 4) is 5.75 Å². The minimum absolute atomic E-state index is 0.127. The van der Waals surface area contributed by atoms with Gasteiger partial charge in [-0.25, -0.2) is 13.2 Å². The first-order valence-corrected chi connectivity index (χ1v) is 12.3. The van der Waals surface area contributed by atoms with Crippen molar-refractivity contribution >= 4 is 33.3 Å². The molecule has 0 aliphatic heterocycles.